The zero-order chi connectivity index (χ0) is 22.8. The van der Waals surface area contributed by atoms with Gasteiger partial charge in [-0.25, -0.2) is 0 Å². The summed E-state index contributed by atoms with van der Waals surface area (Å²) in [6.07, 6.45) is 9.34. The molecule has 1 N–H and O–H groups in total. The SMILES string of the molecule is COc1ccc2c(c1)c(C(=O)NCc1nc(-c3ccncc3)no1)c(C)n2C1CCCCC1. The van der Waals surface area contributed by atoms with Gasteiger partial charge in [-0.1, -0.05) is 24.4 Å². The minimum absolute atomic E-state index is 0.149. The van der Waals surface area contributed by atoms with Crippen molar-refractivity contribution < 1.29 is 14.1 Å². The van der Waals surface area contributed by atoms with Gasteiger partial charge in [-0.15, -0.1) is 0 Å². The Morgan fingerprint density at radius 1 is 1.18 bits per heavy atom. The molecule has 1 saturated carbocycles. The van der Waals surface area contributed by atoms with Gasteiger partial charge in [0.15, 0.2) is 0 Å². The van der Waals surface area contributed by atoms with Crippen LogP contribution in [0.3, 0.4) is 0 Å². The standard InChI is InChI=1S/C25H27N5O3/c1-16-23(25(31)27-15-22-28-24(29-33-22)17-10-12-26-13-11-17)20-14-19(32-2)8-9-21(20)30(16)18-6-4-3-5-7-18/h8-14,18H,3-7,15H2,1-2H3,(H,27,31). The Balaban J connectivity index is 1.43. The number of nitrogens with zero attached hydrogens (tertiary/aromatic N) is 4. The van der Waals surface area contributed by atoms with Gasteiger partial charge in [-0.05, 0) is 50.1 Å². The van der Waals surface area contributed by atoms with E-state index in [1.165, 1.54) is 19.3 Å². The average molecular weight is 446 g/mol. The predicted molar refractivity (Wildman–Crippen MR) is 124 cm³/mol. The largest absolute Gasteiger partial charge is 0.497 e. The molecule has 0 aliphatic heterocycles. The Labute approximate surface area is 192 Å². The van der Waals surface area contributed by atoms with Crippen molar-refractivity contribution in [1.29, 1.82) is 0 Å². The number of carbonyl (C=O) groups is 1. The fraction of sp³-hybridized carbons (Fsp3) is 0.360. The van der Waals surface area contributed by atoms with Gasteiger partial charge < -0.3 is 19.1 Å². The molecule has 1 aliphatic rings. The van der Waals surface area contributed by atoms with Gasteiger partial charge >= 0.3 is 0 Å². The molecule has 5 rings (SSSR count). The summed E-state index contributed by atoms with van der Waals surface area (Å²) >= 11 is 0. The molecule has 1 fully saturated rings. The van der Waals surface area contributed by atoms with Crippen molar-refractivity contribution in [1.82, 2.24) is 25.0 Å². The van der Waals surface area contributed by atoms with Gasteiger partial charge in [0, 0.05) is 40.6 Å². The number of fused-ring (bicyclic) bond motifs is 1. The first-order chi connectivity index (χ1) is 16.2. The summed E-state index contributed by atoms with van der Waals surface area (Å²) in [5.41, 5.74) is 3.53. The lowest BCUT2D eigenvalue weighted by atomic mass is 9.95. The van der Waals surface area contributed by atoms with Crippen molar-refractivity contribution in [2.24, 2.45) is 0 Å². The van der Waals surface area contributed by atoms with Crippen molar-refractivity contribution in [3.63, 3.8) is 0 Å². The second kappa shape index (κ2) is 9.05. The maximum atomic E-state index is 13.4. The molecular formula is C25H27N5O3. The maximum absolute atomic E-state index is 13.4. The van der Waals surface area contributed by atoms with Gasteiger partial charge in [0.05, 0.1) is 19.2 Å². The number of hydrogen-bond donors (Lipinski definition) is 1. The van der Waals surface area contributed by atoms with Gasteiger partial charge in [0.1, 0.15) is 5.75 Å². The highest BCUT2D eigenvalue weighted by Gasteiger charge is 2.26. The summed E-state index contributed by atoms with van der Waals surface area (Å²) < 4.78 is 13.1. The van der Waals surface area contributed by atoms with Crippen molar-refractivity contribution in [2.75, 3.05) is 7.11 Å². The number of rotatable bonds is 6. The minimum atomic E-state index is -0.163. The number of hydrogen-bond acceptors (Lipinski definition) is 6. The molecular weight excluding hydrogens is 418 g/mol. The first-order valence-corrected chi connectivity index (χ1v) is 11.4. The van der Waals surface area contributed by atoms with Crippen LogP contribution in [0.2, 0.25) is 0 Å². The van der Waals surface area contributed by atoms with Gasteiger partial charge in [-0.3, -0.25) is 9.78 Å². The molecule has 0 atom stereocenters. The number of ether oxygens (including phenoxy) is 1. The number of nitrogens with one attached hydrogen (secondary N) is 1. The first-order valence-electron chi connectivity index (χ1n) is 11.4. The Bertz CT molecular complexity index is 1270. The molecule has 1 aromatic carbocycles. The zero-order valence-electron chi connectivity index (χ0n) is 18.9. The van der Waals surface area contributed by atoms with E-state index in [1.807, 2.05) is 31.2 Å². The molecule has 1 amide bonds. The smallest absolute Gasteiger partial charge is 0.254 e. The number of methoxy groups -OCH3 is 1. The molecule has 0 spiro atoms. The second-order valence-electron chi connectivity index (χ2n) is 8.44. The molecule has 3 heterocycles. The lowest BCUT2D eigenvalue weighted by molar-refractivity contribution is 0.0947. The van der Waals surface area contributed by atoms with Crippen LogP contribution in [0, 0.1) is 6.92 Å². The molecule has 0 unspecified atom stereocenters. The van der Waals surface area contributed by atoms with E-state index < -0.39 is 0 Å². The Morgan fingerprint density at radius 3 is 2.73 bits per heavy atom. The van der Waals surface area contributed by atoms with Crippen LogP contribution in [-0.2, 0) is 6.54 Å². The first kappa shape index (κ1) is 21.2. The topological polar surface area (TPSA) is 95.1 Å². The highest BCUT2D eigenvalue weighted by molar-refractivity contribution is 6.08. The molecule has 8 nitrogen and oxygen atoms in total. The monoisotopic (exact) mass is 445 g/mol. The molecule has 8 heteroatoms. The third kappa shape index (κ3) is 4.08. The molecule has 1 aliphatic carbocycles. The van der Waals surface area contributed by atoms with E-state index in [-0.39, 0.29) is 12.5 Å². The molecule has 3 aromatic heterocycles. The number of amides is 1. The van der Waals surface area contributed by atoms with E-state index in [2.05, 4.69) is 31.1 Å². The summed E-state index contributed by atoms with van der Waals surface area (Å²) in [6, 6.07) is 10.0. The van der Waals surface area contributed by atoms with Gasteiger partial charge in [0.25, 0.3) is 5.91 Å². The molecule has 0 radical (unpaired) electrons. The summed E-state index contributed by atoms with van der Waals surface area (Å²) in [5.74, 6) is 1.39. The fourth-order valence-electron chi connectivity index (χ4n) is 4.83. The summed E-state index contributed by atoms with van der Waals surface area (Å²) in [4.78, 5) is 21.8. The lowest BCUT2D eigenvalue weighted by Gasteiger charge is -2.26. The zero-order valence-corrected chi connectivity index (χ0v) is 18.9. The van der Waals surface area contributed by atoms with Crippen LogP contribution >= 0.6 is 0 Å². The van der Waals surface area contributed by atoms with Crippen LogP contribution < -0.4 is 10.1 Å². The van der Waals surface area contributed by atoms with Crippen LogP contribution in [0.1, 0.15) is 60.1 Å². The Morgan fingerprint density at radius 2 is 1.97 bits per heavy atom. The Kier molecular flexibility index (Phi) is 5.81. The highest BCUT2D eigenvalue weighted by Crippen LogP contribution is 2.37. The third-order valence-electron chi connectivity index (χ3n) is 6.43. The van der Waals surface area contributed by atoms with E-state index in [4.69, 9.17) is 9.26 Å². The maximum Gasteiger partial charge on any atom is 0.254 e. The molecule has 170 valence electrons. The van der Waals surface area contributed by atoms with E-state index in [0.29, 0.717) is 23.3 Å². The molecule has 4 aromatic rings. The van der Waals surface area contributed by atoms with Crippen LogP contribution in [-0.4, -0.2) is 32.7 Å². The van der Waals surface area contributed by atoms with Gasteiger partial charge in [0.2, 0.25) is 11.7 Å². The van der Waals surface area contributed by atoms with E-state index in [0.717, 1.165) is 40.8 Å². The van der Waals surface area contributed by atoms with Crippen LogP contribution in [0.4, 0.5) is 0 Å². The van der Waals surface area contributed by atoms with Gasteiger partial charge in [-0.2, -0.15) is 4.98 Å². The lowest BCUT2D eigenvalue weighted by Crippen LogP contribution is -2.24. The number of aromatic nitrogens is 4. The number of benzene rings is 1. The summed E-state index contributed by atoms with van der Waals surface area (Å²) in [7, 11) is 1.64. The summed E-state index contributed by atoms with van der Waals surface area (Å²) in [5, 5.41) is 7.87. The van der Waals surface area contributed by atoms with Crippen molar-refractivity contribution in [2.45, 2.75) is 51.6 Å². The van der Waals surface area contributed by atoms with Crippen LogP contribution in [0.5, 0.6) is 5.75 Å². The normalized spacial score (nSPS) is 14.5. The number of pyridine rings is 1. The quantitative estimate of drug-likeness (QED) is 0.456. The van der Waals surface area contributed by atoms with Crippen molar-refractivity contribution in [3.05, 3.63) is 59.9 Å². The molecule has 0 saturated heterocycles. The highest BCUT2D eigenvalue weighted by atomic mass is 16.5. The van der Waals surface area contributed by atoms with Crippen LogP contribution in [0.15, 0.2) is 47.2 Å². The fourth-order valence-corrected chi connectivity index (χ4v) is 4.83. The minimum Gasteiger partial charge on any atom is -0.497 e. The molecule has 33 heavy (non-hydrogen) atoms. The average Bonchev–Trinajstić information content (AvgIpc) is 3.45. The third-order valence-corrected chi connectivity index (χ3v) is 6.43. The second-order valence-corrected chi connectivity index (χ2v) is 8.44. The number of carbonyl (C=O) groups excluding carboxylic acids is 1. The van der Waals surface area contributed by atoms with Crippen molar-refractivity contribution >= 4 is 16.8 Å². The van der Waals surface area contributed by atoms with E-state index in [1.54, 1.807) is 19.5 Å². The van der Waals surface area contributed by atoms with Crippen LogP contribution in [0.25, 0.3) is 22.3 Å². The molecule has 0 bridgehead atoms. The van der Waals surface area contributed by atoms with E-state index >= 15 is 0 Å². The predicted octanol–water partition coefficient (Wildman–Crippen LogP) is 4.84. The van der Waals surface area contributed by atoms with E-state index in [9.17, 15) is 4.79 Å². The Hall–Kier alpha value is -3.68. The van der Waals surface area contributed by atoms with Crippen molar-refractivity contribution in [3.8, 4) is 17.1 Å². The summed E-state index contributed by atoms with van der Waals surface area (Å²) in [6.45, 7) is 2.18.